The molecule has 0 N–H and O–H groups in total. The molecule has 0 aliphatic heterocycles. The number of rotatable bonds is 4. The van der Waals surface area contributed by atoms with E-state index in [9.17, 15) is 9.18 Å². The number of aryl methyl sites for hydroxylation is 1. The maximum atomic E-state index is 12.9. The van der Waals surface area contributed by atoms with Gasteiger partial charge in [-0.3, -0.25) is 4.79 Å². The highest BCUT2D eigenvalue weighted by molar-refractivity contribution is 7.12. The third kappa shape index (κ3) is 2.98. The summed E-state index contributed by atoms with van der Waals surface area (Å²) in [5, 5.41) is 0.173. The minimum atomic E-state index is -0.430. The highest BCUT2D eigenvalue weighted by Gasteiger charge is 2.13. The second kappa shape index (κ2) is 5.63. The van der Waals surface area contributed by atoms with E-state index < -0.39 is 5.82 Å². The average Bonchev–Trinajstić information content (AvgIpc) is 2.76. The van der Waals surface area contributed by atoms with Crippen molar-refractivity contribution in [2.45, 2.75) is 19.8 Å². The molecule has 0 spiro atoms. The van der Waals surface area contributed by atoms with Crippen LogP contribution in [0.5, 0.6) is 0 Å². The minimum Gasteiger partial charge on any atom is -0.294 e. The molecule has 2 rings (SSSR count). The van der Waals surface area contributed by atoms with E-state index in [-0.39, 0.29) is 10.8 Å². The molecule has 1 heterocycles. The van der Waals surface area contributed by atoms with Crippen LogP contribution < -0.4 is 0 Å². The van der Waals surface area contributed by atoms with Crippen LogP contribution in [0, 0.1) is 5.82 Å². The third-order valence-corrected chi connectivity index (χ3v) is 4.17. The van der Waals surface area contributed by atoms with Crippen molar-refractivity contribution in [2.75, 3.05) is 0 Å². The summed E-state index contributed by atoms with van der Waals surface area (Å²) in [6.07, 6.45) is 1.28. The van der Waals surface area contributed by atoms with E-state index in [2.05, 4.69) is 6.92 Å². The Balaban J connectivity index is 2.16. The number of benzene rings is 1. The van der Waals surface area contributed by atoms with E-state index in [1.54, 1.807) is 11.3 Å². The zero-order valence-corrected chi connectivity index (χ0v) is 11.4. The number of ketones is 1. The zero-order valence-electron chi connectivity index (χ0n) is 9.87. The molecule has 0 aliphatic carbocycles. The van der Waals surface area contributed by atoms with Gasteiger partial charge in [0.25, 0.3) is 0 Å². The highest BCUT2D eigenvalue weighted by Crippen LogP contribution is 2.22. The number of carbonyl (C=O) groups excluding carboxylic acids is 1. The van der Waals surface area contributed by atoms with Crippen LogP contribution in [0.25, 0.3) is 0 Å². The third-order valence-electron chi connectivity index (χ3n) is 2.63. The molecule has 1 aromatic heterocycles. The first-order valence-electron chi connectivity index (χ1n) is 5.66. The van der Waals surface area contributed by atoms with E-state index in [0.717, 1.165) is 11.3 Å². The van der Waals surface area contributed by atoms with Crippen LogP contribution in [-0.4, -0.2) is 5.78 Å². The molecule has 0 amide bonds. The van der Waals surface area contributed by atoms with Crippen LogP contribution in [0.15, 0.2) is 30.3 Å². The summed E-state index contributed by atoms with van der Waals surface area (Å²) in [7, 11) is 0. The van der Waals surface area contributed by atoms with E-state index in [4.69, 9.17) is 11.6 Å². The highest BCUT2D eigenvalue weighted by atomic mass is 35.5. The van der Waals surface area contributed by atoms with Gasteiger partial charge in [-0.2, -0.15) is 0 Å². The molecule has 2 aromatic rings. The normalized spacial score (nSPS) is 10.6. The number of thiophene rings is 1. The molecule has 0 aliphatic rings. The second-order valence-electron chi connectivity index (χ2n) is 3.95. The van der Waals surface area contributed by atoms with Crippen LogP contribution in [0.2, 0.25) is 5.02 Å². The molecule has 1 nitrogen and oxygen atoms in total. The smallest absolute Gasteiger partial charge is 0.169 e. The van der Waals surface area contributed by atoms with Gasteiger partial charge < -0.3 is 0 Å². The molecule has 18 heavy (non-hydrogen) atoms. The standard InChI is InChI=1S/C14H12ClFOS/c1-2-10-4-5-11(18-10)8-14(17)12-6-3-9(16)7-13(12)15/h3-7H,2,8H2,1H3. The first-order chi connectivity index (χ1) is 8.60. The molecule has 1 aromatic carbocycles. The molecule has 94 valence electrons. The van der Waals surface area contributed by atoms with Crippen LogP contribution in [0.1, 0.15) is 27.0 Å². The lowest BCUT2D eigenvalue weighted by Crippen LogP contribution is -2.03. The van der Waals surface area contributed by atoms with Crippen LogP contribution in [0.3, 0.4) is 0 Å². The van der Waals surface area contributed by atoms with E-state index in [1.165, 1.54) is 23.1 Å². The molecular formula is C14H12ClFOS. The average molecular weight is 283 g/mol. The van der Waals surface area contributed by atoms with Gasteiger partial charge in [0.05, 0.1) is 5.02 Å². The van der Waals surface area contributed by atoms with Crippen molar-refractivity contribution < 1.29 is 9.18 Å². The van der Waals surface area contributed by atoms with Crippen molar-refractivity contribution in [3.63, 3.8) is 0 Å². The fraction of sp³-hybridized carbons (Fsp3) is 0.214. The Morgan fingerprint density at radius 3 is 2.61 bits per heavy atom. The Hall–Kier alpha value is -1.19. The molecule has 0 saturated carbocycles. The van der Waals surface area contributed by atoms with Gasteiger partial charge >= 0.3 is 0 Å². The Labute approximate surface area is 114 Å². The number of Topliss-reactive ketones (excluding diaryl/α,β-unsaturated/α-hetero) is 1. The quantitative estimate of drug-likeness (QED) is 0.753. The SMILES string of the molecule is CCc1ccc(CC(=O)c2ccc(F)cc2Cl)s1. The number of halogens is 2. The van der Waals surface area contributed by atoms with Gasteiger partial charge in [0.2, 0.25) is 0 Å². The van der Waals surface area contributed by atoms with Crippen molar-refractivity contribution >= 4 is 28.7 Å². The van der Waals surface area contributed by atoms with Crippen LogP contribution in [-0.2, 0) is 12.8 Å². The van der Waals surface area contributed by atoms with Crippen molar-refractivity contribution in [3.8, 4) is 0 Å². The summed E-state index contributed by atoms with van der Waals surface area (Å²) in [5.74, 6) is -0.509. The molecule has 0 atom stereocenters. The van der Waals surface area contributed by atoms with Crippen LogP contribution in [0.4, 0.5) is 4.39 Å². The van der Waals surface area contributed by atoms with E-state index in [0.29, 0.717) is 12.0 Å². The fourth-order valence-corrected chi connectivity index (χ4v) is 2.91. The molecule has 4 heteroatoms. The number of carbonyl (C=O) groups is 1. The maximum Gasteiger partial charge on any atom is 0.169 e. The Kier molecular flexibility index (Phi) is 4.15. The van der Waals surface area contributed by atoms with Crippen LogP contribution >= 0.6 is 22.9 Å². The summed E-state index contributed by atoms with van der Waals surface area (Å²) in [4.78, 5) is 14.3. The molecule has 0 saturated heterocycles. The van der Waals surface area contributed by atoms with Gasteiger partial charge in [-0.05, 0) is 36.8 Å². The fourth-order valence-electron chi connectivity index (χ4n) is 1.68. The van der Waals surface area contributed by atoms with E-state index in [1.807, 2.05) is 12.1 Å². The largest absolute Gasteiger partial charge is 0.294 e. The lowest BCUT2D eigenvalue weighted by Gasteiger charge is -2.02. The van der Waals surface area contributed by atoms with Crippen molar-refractivity contribution in [3.05, 3.63) is 56.5 Å². The Bertz CT molecular complexity index is 577. The summed E-state index contributed by atoms with van der Waals surface area (Å²) < 4.78 is 12.9. The van der Waals surface area contributed by atoms with E-state index >= 15 is 0 Å². The maximum absolute atomic E-state index is 12.9. The van der Waals surface area contributed by atoms with Crippen molar-refractivity contribution in [1.82, 2.24) is 0 Å². The predicted molar refractivity (Wildman–Crippen MR) is 73.1 cm³/mol. The van der Waals surface area contributed by atoms with Gasteiger partial charge in [-0.25, -0.2) is 4.39 Å². The second-order valence-corrected chi connectivity index (χ2v) is 5.61. The molecule has 0 unspecified atom stereocenters. The van der Waals surface area contributed by atoms with Gasteiger partial charge in [0, 0.05) is 21.7 Å². The lowest BCUT2D eigenvalue weighted by molar-refractivity contribution is 0.0994. The Morgan fingerprint density at radius 2 is 2.00 bits per heavy atom. The first-order valence-corrected chi connectivity index (χ1v) is 6.85. The van der Waals surface area contributed by atoms with Gasteiger partial charge in [0.15, 0.2) is 5.78 Å². The molecular weight excluding hydrogens is 271 g/mol. The van der Waals surface area contributed by atoms with Crippen molar-refractivity contribution in [1.29, 1.82) is 0 Å². The lowest BCUT2D eigenvalue weighted by atomic mass is 10.1. The summed E-state index contributed by atoms with van der Waals surface area (Å²) in [6.45, 7) is 2.08. The zero-order chi connectivity index (χ0) is 13.1. The Morgan fingerprint density at radius 1 is 1.28 bits per heavy atom. The summed E-state index contributed by atoms with van der Waals surface area (Å²) in [5.41, 5.74) is 0.379. The molecule has 0 bridgehead atoms. The topological polar surface area (TPSA) is 17.1 Å². The molecule has 0 fully saturated rings. The van der Waals surface area contributed by atoms with Gasteiger partial charge in [-0.15, -0.1) is 11.3 Å². The van der Waals surface area contributed by atoms with Gasteiger partial charge in [-0.1, -0.05) is 18.5 Å². The van der Waals surface area contributed by atoms with Crippen molar-refractivity contribution in [2.24, 2.45) is 0 Å². The number of hydrogen-bond donors (Lipinski definition) is 0. The minimum absolute atomic E-state index is 0.0792. The number of hydrogen-bond acceptors (Lipinski definition) is 2. The predicted octanol–water partition coefficient (Wildman–Crippen LogP) is 4.53. The summed E-state index contributed by atoms with van der Waals surface area (Å²) >= 11 is 7.49. The monoisotopic (exact) mass is 282 g/mol. The first kappa shape index (κ1) is 13.2. The van der Waals surface area contributed by atoms with Gasteiger partial charge in [0.1, 0.15) is 5.82 Å². The molecule has 0 radical (unpaired) electrons. The summed E-state index contributed by atoms with van der Waals surface area (Å²) in [6, 6.07) is 7.85.